The lowest BCUT2D eigenvalue weighted by molar-refractivity contribution is -0.220. The third-order valence-corrected chi connectivity index (χ3v) is 13.6. The zero-order valence-electron chi connectivity index (χ0n) is 41.8. The summed E-state index contributed by atoms with van der Waals surface area (Å²) in [5.74, 6) is -0.603. The first-order chi connectivity index (χ1) is 32.3. The van der Waals surface area contributed by atoms with Gasteiger partial charge in [-0.1, -0.05) is 204 Å². The smallest absolute Gasteiger partial charge is 0.393 e. The minimum Gasteiger partial charge on any atom is -0.393 e. The standard InChI is InChI=1S/C53H98NO12P/c1-3-5-7-9-11-13-15-17-19-21-23-24-26-28-30-32-34-36-38-40-44(55)42-47(57)54-45(43-65-67(63,64)66-53-51(61)49(59)48(58)50(60)52(53)62)46(56)41-39-37-35-33-31-29-27-25-22-20-18-16-14-12-10-8-6-4-2/h5,7,11,13,31,33,39,41,44-46,48-53,55-56,58-62H,3-4,6,8-10,12,14-30,32,34-38,40,42-43H2,1-2H3,(H,54,57)(H,63,64)/b7-5-,13-11-,33-31+,41-39+. The summed E-state index contributed by atoms with van der Waals surface area (Å²) in [5.41, 5.74) is 0. The van der Waals surface area contributed by atoms with Crippen molar-refractivity contribution >= 4 is 13.7 Å². The van der Waals surface area contributed by atoms with Crippen LogP contribution in [0.5, 0.6) is 0 Å². The summed E-state index contributed by atoms with van der Waals surface area (Å²) in [6.45, 7) is 3.65. The van der Waals surface area contributed by atoms with Crippen LogP contribution in [-0.2, 0) is 18.4 Å². The lowest BCUT2D eigenvalue weighted by Gasteiger charge is -2.41. The predicted molar refractivity (Wildman–Crippen MR) is 270 cm³/mol. The van der Waals surface area contributed by atoms with Crippen LogP contribution >= 0.6 is 7.82 Å². The van der Waals surface area contributed by atoms with E-state index >= 15 is 0 Å². The van der Waals surface area contributed by atoms with E-state index in [2.05, 4.69) is 55.6 Å². The van der Waals surface area contributed by atoms with Crippen LogP contribution in [0.3, 0.4) is 0 Å². The molecule has 0 bridgehead atoms. The maximum atomic E-state index is 13.1. The zero-order chi connectivity index (χ0) is 49.4. The van der Waals surface area contributed by atoms with Gasteiger partial charge in [0.15, 0.2) is 0 Å². The summed E-state index contributed by atoms with van der Waals surface area (Å²) in [5, 5.41) is 74.7. The highest BCUT2D eigenvalue weighted by Crippen LogP contribution is 2.47. The van der Waals surface area contributed by atoms with Crippen molar-refractivity contribution in [3.63, 3.8) is 0 Å². The Hall–Kier alpha value is -1.74. The molecule has 1 aliphatic rings. The Morgan fingerprint density at radius 3 is 1.48 bits per heavy atom. The van der Waals surface area contributed by atoms with Gasteiger partial charge in [0.1, 0.15) is 36.6 Å². The molecule has 0 aliphatic heterocycles. The Morgan fingerprint density at radius 2 is 0.970 bits per heavy atom. The lowest BCUT2D eigenvalue weighted by atomic mass is 9.85. The Morgan fingerprint density at radius 1 is 0.552 bits per heavy atom. The quantitative estimate of drug-likeness (QED) is 0.0158. The molecule has 0 saturated heterocycles. The second-order valence-corrected chi connectivity index (χ2v) is 20.3. The molecule has 1 rings (SSSR count). The molecule has 0 radical (unpaired) electrons. The topological polar surface area (TPSA) is 226 Å². The fraction of sp³-hybridized carbons (Fsp3) is 0.830. The summed E-state index contributed by atoms with van der Waals surface area (Å²) in [6.07, 6.45) is 37.7. The number of phosphoric acid groups is 1. The van der Waals surface area contributed by atoms with Crippen LogP contribution in [0, 0.1) is 0 Å². The first kappa shape index (κ1) is 63.3. The van der Waals surface area contributed by atoms with Gasteiger partial charge in [0.2, 0.25) is 5.91 Å². The molecule has 8 atom stereocenters. The molecule has 0 spiro atoms. The predicted octanol–water partition coefficient (Wildman–Crippen LogP) is 10.3. The van der Waals surface area contributed by atoms with Gasteiger partial charge >= 0.3 is 7.82 Å². The van der Waals surface area contributed by atoms with Gasteiger partial charge in [-0.05, 0) is 57.8 Å². The number of amides is 1. The van der Waals surface area contributed by atoms with E-state index in [1.807, 2.05) is 0 Å². The number of phosphoric ester groups is 1. The van der Waals surface area contributed by atoms with E-state index in [0.29, 0.717) is 12.8 Å². The maximum absolute atomic E-state index is 13.1. The highest BCUT2D eigenvalue weighted by Gasteiger charge is 2.51. The van der Waals surface area contributed by atoms with E-state index in [9.17, 15) is 50.0 Å². The molecule has 9 N–H and O–H groups in total. The van der Waals surface area contributed by atoms with Gasteiger partial charge in [0.05, 0.1) is 31.3 Å². The van der Waals surface area contributed by atoms with Gasteiger partial charge in [-0.25, -0.2) is 4.57 Å². The second-order valence-electron chi connectivity index (χ2n) is 18.9. The molecule has 67 heavy (non-hydrogen) atoms. The number of hydrogen-bond acceptors (Lipinski definition) is 11. The lowest BCUT2D eigenvalue weighted by Crippen LogP contribution is -2.64. The monoisotopic (exact) mass is 972 g/mol. The number of unbranched alkanes of at least 4 members (excludes halogenated alkanes) is 25. The fourth-order valence-corrected chi connectivity index (χ4v) is 9.32. The zero-order valence-corrected chi connectivity index (χ0v) is 42.7. The summed E-state index contributed by atoms with van der Waals surface area (Å²) in [7, 11) is -5.16. The van der Waals surface area contributed by atoms with E-state index in [0.717, 1.165) is 57.8 Å². The van der Waals surface area contributed by atoms with Crippen LogP contribution in [-0.4, -0.2) is 108 Å². The van der Waals surface area contributed by atoms with E-state index in [4.69, 9.17) is 9.05 Å². The van der Waals surface area contributed by atoms with E-state index in [1.54, 1.807) is 6.08 Å². The molecule has 1 fully saturated rings. The molecule has 14 heteroatoms. The molecule has 13 nitrogen and oxygen atoms in total. The van der Waals surface area contributed by atoms with Gasteiger partial charge in [-0.3, -0.25) is 13.8 Å². The van der Waals surface area contributed by atoms with Gasteiger partial charge in [0.25, 0.3) is 0 Å². The van der Waals surface area contributed by atoms with E-state index < -0.39 is 75.2 Å². The molecular weight excluding hydrogens is 874 g/mol. The minimum absolute atomic E-state index is 0.254. The Balaban J connectivity index is 2.48. The summed E-state index contributed by atoms with van der Waals surface area (Å²) < 4.78 is 22.9. The first-order valence-electron chi connectivity index (χ1n) is 26.7. The number of carbonyl (C=O) groups is 1. The van der Waals surface area contributed by atoms with Crippen LogP contribution in [0.25, 0.3) is 0 Å². The Labute approximate surface area is 406 Å². The van der Waals surface area contributed by atoms with Gasteiger partial charge in [-0.15, -0.1) is 0 Å². The third-order valence-electron chi connectivity index (χ3n) is 12.6. The largest absolute Gasteiger partial charge is 0.472 e. The molecule has 0 aromatic carbocycles. The molecule has 1 saturated carbocycles. The van der Waals surface area contributed by atoms with Crippen molar-refractivity contribution in [2.75, 3.05) is 6.61 Å². The van der Waals surface area contributed by atoms with Crippen LogP contribution in [0.4, 0.5) is 0 Å². The number of aliphatic hydroxyl groups excluding tert-OH is 7. The molecule has 392 valence electrons. The molecule has 0 aromatic heterocycles. The second kappa shape index (κ2) is 42.0. The minimum atomic E-state index is -5.16. The molecule has 8 unspecified atom stereocenters. The highest BCUT2D eigenvalue weighted by atomic mass is 31.2. The molecule has 0 heterocycles. The number of hydrogen-bond donors (Lipinski definition) is 9. The number of nitrogens with one attached hydrogen (secondary N) is 1. The molecule has 1 amide bonds. The molecule has 1 aliphatic carbocycles. The number of carbonyl (C=O) groups excluding carboxylic acids is 1. The highest BCUT2D eigenvalue weighted by molar-refractivity contribution is 7.47. The third kappa shape index (κ3) is 33.5. The van der Waals surface area contributed by atoms with Crippen molar-refractivity contribution in [2.24, 2.45) is 0 Å². The van der Waals surface area contributed by atoms with Crippen LogP contribution < -0.4 is 5.32 Å². The van der Waals surface area contributed by atoms with Crippen molar-refractivity contribution in [1.29, 1.82) is 0 Å². The number of allylic oxidation sites excluding steroid dienone is 7. The average molecular weight is 972 g/mol. The van der Waals surface area contributed by atoms with Crippen molar-refractivity contribution in [2.45, 2.75) is 274 Å². The Kier molecular flexibility index (Phi) is 39.7. The van der Waals surface area contributed by atoms with Crippen LogP contribution in [0.1, 0.15) is 219 Å². The van der Waals surface area contributed by atoms with Crippen LogP contribution in [0.2, 0.25) is 0 Å². The van der Waals surface area contributed by atoms with E-state index in [-0.39, 0.29) is 6.42 Å². The number of rotatable bonds is 44. The summed E-state index contributed by atoms with van der Waals surface area (Å²) in [6, 6.07) is -1.26. The van der Waals surface area contributed by atoms with Crippen LogP contribution in [0.15, 0.2) is 48.6 Å². The SMILES string of the molecule is CC/C=C\C/C=C\CCCCCCCCCCCCCCC(O)CC(=O)NC(COP(=O)(O)OC1C(O)C(O)C(O)C(O)C1O)C(O)/C=C/CC/C=C/CCCCCCCCCCCCCC. The van der Waals surface area contributed by atoms with Crippen molar-refractivity contribution in [3.05, 3.63) is 48.6 Å². The molecular formula is C53H98NO12P. The van der Waals surface area contributed by atoms with Crippen molar-refractivity contribution in [3.8, 4) is 0 Å². The van der Waals surface area contributed by atoms with Crippen molar-refractivity contribution in [1.82, 2.24) is 5.32 Å². The summed E-state index contributed by atoms with van der Waals surface area (Å²) in [4.78, 5) is 23.5. The normalized spacial score (nSPS) is 22.6. The maximum Gasteiger partial charge on any atom is 0.472 e. The van der Waals surface area contributed by atoms with Crippen molar-refractivity contribution < 1.29 is 59.0 Å². The average Bonchev–Trinajstić information content (AvgIpc) is 3.30. The first-order valence-corrected chi connectivity index (χ1v) is 28.2. The van der Waals surface area contributed by atoms with Gasteiger partial charge in [0, 0.05) is 0 Å². The fourth-order valence-electron chi connectivity index (χ4n) is 8.35. The van der Waals surface area contributed by atoms with E-state index in [1.165, 1.54) is 134 Å². The number of aliphatic hydroxyl groups is 7. The molecule has 0 aromatic rings. The summed E-state index contributed by atoms with van der Waals surface area (Å²) >= 11 is 0. The Bertz CT molecular complexity index is 1330. The van der Waals surface area contributed by atoms with Gasteiger partial charge < -0.3 is 46.0 Å². The van der Waals surface area contributed by atoms with Gasteiger partial charge in [-0.2, -0.15) is 0 Å².